The molecule has 0 saturated carbocycles. The summed E-state index contributed by atoms with van der Waals surface area (Å²) < 4.78 is 2.15. The van der Waals surface area contributed by atoms with E-state index in [1.165, 1.54) is 30.9 Å². The zero-order chi connectivity index (χ0) is 11.8. The van der Waals surface area contributed by atoms with E-state index in [1.54, 1.807) is 0 Å². The van der Waals surface area contributed by atoms with Gasteiger partial charge in [-0.25, -0.2) is 4.98 Å². The third-order valence-electron chi connectivity index (χ3n) is 4.03. The molecule has 0 spiro atoms. The first-order valence-corrected chi connectivity index (χ1v) is 6.65. The lowest BCUT2D eigenvalue weighted by Gasteiger charge is -2.28. The van der Waals surface area contributed by atoms with E-state index in [0.29, 0.717) is 5.92 Å². The fourth-order valence-corrected chi connectivity index (χ4v) is 3.05. The second-order valence-corrected chi connectivity index (χ2v) is 5.53. The largest absolute Gasteiger partial charge is 0.391 e. The van der Waals surface area contributed by atoms with Crippen LogP contribution in [-0.4, -0.2) is 45.8 Å². The van der Waals surface area contributed by atoms with Gasteiger partial charge < -0.3 is 14.6 Å². The van der Waals surface area contributed by atoms with Crippen LogP contribution >= 0.6 is 0 Å². The van der Waals surface area contributed by atoms with Gasteiger partial charge in [0, 0.05) is 31.6 Å². The van der Waals surface area contributed by atoms with Crippen LogP contribution in [0.3, 0.4) is 0 Å². The number of imidazole rings is 1. The van der Waals surface area contributed by atoms with Crippen molar-refractivity contribution >= 4 is 0 Å². The van der Waals surface area contributed by atoms with E-state index in [0.717, 1.165) is 25.9 Å². The standard InChI is InChI=1S/C13H21N3O/c1-15-6-2-3-10(7-15)12-9-16-8-11(17)4-5-13(16)14-12/h9-11,17H,2-8H2,1H3. The van der Waals surface area contributed by atoms with Crippen molar-refractivity contribution in [2.45, 2.75) is 44.2 Å². The number of likely N-dealkylation sites (N-methyl/N-ethyl adjacent to an activating group) is 1. The Kier molecular flexibility index (Phi) is 2.92. The van der Waals surface area contributed by atoms with Crippen LogP contribution in [0.1, 0.15) is 36.7 Å². The zero-order valence-electron chi connectivity index (χ0n) is 10.5. The van der Waals surface area contributed by atoms with E-state index in [2.05, 4.69) is 22.7 Å². The van der Waals surface area contributed by atoms with Crippen molar-refractivity contribution in [1.82, 2.24) is 14.5 Å². The number of aryl methyl sites for hydroxylation is 1. The molecule has 0 bridgehead atoms. The molecule has 17 heavy (non-hydrogen) atoms. The summed E-state index contributed by atoms with van der Waals surface area (Å²) in [6, 6.07) is 0. The molecule has 0 amide bonds. The van der Waals surface area contributed by atoms with Crippen molar-refractivity contribution in [1.29, 1.82) is 0 Å². The molecule has 0 aliphatic carbocycles. The maximum Gasteiger partial charge on any atom is 0.109 e. The van der Waals surface area contributed by atoms with Gasteiger partial charge >= 0.3 is 0 Å². The molecule has 1 aromatic heterocycles. The Morgan fingerprint density at radius 2 is 2.24 bits per heavy atom. The van der Waals surface area contributed by atoms with Gasteiger partial charge in [-0.05, 0) is 32.9 Å². The summed E-state index contributed by atoms with van der Waals surface area (Å²) in [6.07, 6.45) is 6.29. The summed E-state index contributed by atoms with van der Waals surface area (Å²) in [5.41, 5.74) is 1.24. The van der Waals surface area contributed by atoms with Crippen LogP contribution in [0.2, 0.25) is 0 Å². The molecule has 94 valence electrons. The highest BCUT2D eigenvalue weighted by Crippen LogP contribution is 2.27. The Labute approximate surface area is 102 Å². The van der Waals surface area contributed by atoms with E-state index in [1.807, 2.05) is 0 Å². The first-order chi connectivity index (χ1) is 8.22. The van der Waals surface area contributed by atoms with Crippen LogP contribution in [0.4, 0.5) is 0 Å². The fraction of sp³-hybridized carbons (Fsp3) is 0.769. The van der Waals surface area contributed by atoms with E-state index < -0.39 is 0 Å². The number of nitrogens with zero attached hydrogens (tertiary/aromatic N) is 3. The molecule has 1 fully saturated rings. The minimum absolute atomic E-state index is 0.182. The first-order valence-electron chi connectivity index (χ1n) is 6.65. The predicted octanol–water partition coefficient (Wildman–Crippen LogP) is 0.999. The van der Waals surface area contributed by atoms with Gasteiger partial charge in [0.15, 0.2) is 0 Å². The molecule has 3 heterocycles. The highest BCUT2D eigenvalue weighted by molar-refractivity contribution is 5.13. The van der Waals surface area contributed by atoms with Crippen LogP contribution in [0, 0.1) is 0 Å². The number of fused-ring (bicyclic) bond motifs is 1. The van der Waals surface area contributed by atoms with Crippen LogP contribution in [0.5, 0.6) is 0 Å². The zero-order valence-corrected chi connectivity index (χ0v) is 10.5. The van der Waals surface area contributed by atoms with Crippen LogP contribution in [0.25, 0.3) is 0 Å². The molecule has 0 radical (unpaired) electrons. The first kappa shape index (κ1) is 11.2. The summed E-state index contributed by atoms with van der Waals surface area (Å²) in [6.45, 7) is 3.06. The lowest BCUT2D eigenvalue weighted by Crippen LogP contribution is -2.30. The van der Waals surface area contributed by atoms with Crippen molar-refractivity contribution in [3.05, 3.63) is 17.7 Å². The molecule has 1 N–H and O–H groups in total. The minimum Gasteiger partial charge on any atom is -0.391 e. The fourth-order valence-electron chi connectivity index (χ4n) is 3.05. The number of hydrogen-bond acceptors (Lipinski definition) is 3. The Morgan fingerprint density at radius 3 is 3.06 bits per heavy atom. The quantitative estimate of drug-likeness (QED) is 0.789. The summed E-state index contributed by atoms with van der Waals surface area (Å²) in [5, 5.41) is 9.66. The molecule has 4 heteroatoms. The third-order valence-corrected chi connectivity index (χ3v) is 4.03. The van der Waals surface area contributed by atoms with Crippen molar-refractivity contribution in [2.24, 2.45) is 0 Å². The molecule has 2 atom stereocenters. The number of piperidine rings is 1. The van der Waals surface area contributed by atoms with Gasteiger partial charge in [0.25, 0.3) is 0 Å². The summed E-state index contributed by atoms with van der Waals surface area (Å²) in [5.74, 6) is 1.75. The van der Waals surface area contributed by atoms with Crippen molar-refractivity contribution < 1.29 is 5.11 Å². The van der Waals surface area contributed by atoms with Crippen molar-refractivity contribution in [3.8, 4) is 0 Å². The highest BCUT2D eigenvalue weighted by atomic mass is 16.3. The molecule has 1 saturated heterocycles. The number of aliphatic hydroxyl groups is 1. The number of likely N-dealkylation sites (tertiary alicyclic amines) is 1. The summed E-state index contributed by atoms with van der Waals surface area (Å²) in [7, 11) is 2.19. The molecular weight excluding hydrogens is 214 g/mol. The number of aliphatic hydroxyl groups excluding tert-OH is 1. The minimum atomic E-state index is -0.182. The van der Waals surface area contributed by atoms with Gasteiger partial charge in [0.05, 0.1) is 11.8 Å². The van der Waals surface area contributed by atoms with Gasteiger partial charge in [-0.1, -0.05) is 0 Å². The molecule has 0 aromatic carbocycles. The molecule has 2 unspecified atom stereocenters. The Balaban J connectivity index is 1.79. The second kappa shape index (κ2) is 4.42. The average molecular weight is 235 g/mol. The Hall–Kier alpha value is -0.870. The van der Waals surface area contributed by atoms with Gasteiger partial charge in [0.2, 0.25) is 0 Å². The van der Waals surface area contributed by atoms with E-state index in [4.69, 9.17) is 4.98 Å². The van der Waals surface area contributed by atoms with Crippen molar-refractivity contribution in [2.75, 3.05) is 20.1 Å². The molecule has 3 rings (SSSR count). The van der Waals surface area contributed by atoms with Crippen LogP contribution < -0.4 is 0 Å². The SMILES string of the molecule is CN1CCCC(c2cn3c(n2)CCC(O)C3)C1. The molecule has 2 aliphatic rings. The summed E-state index contributed by atoms with van der Waals surface area (Å²) >= 11 is 0. The van der Waals surface area contributed by atoms with E-state index in [-0.39, 0.29) is 6.10 Å². The normalized spacial score (nSPS) is 30.2. The predicted molar refractivity (Wildman–Crippen MR) is 66.0 cm³/mol. The van der Waals surface area contributed by atoms with Crippen molar-refractivity contribution in [3.63, 3.8) is 0 Å². The molecule has 4 nitrogen and oxygen atoms in total. The van der Waals surface area contributed by atoms with Gasteiger partial charge in [-0.15, -0.1) is 0 Å². The monoisotopic (exact) mass is 235 g/mol. The molecule has 2 aliphatic heterocycles. The van der Waals surface area contributed by atoms with Gasteiger partial charge in [-0.3, -0.25) is 0 Å². The highest BCUT2D eigenvalue weighted by Gasteiger charge is 2.24. The van der Waals surface area contributed by atoms with E-state index >= 15 is 0 Å². The molecular formula is C13H21N3O. The van der Waals surface area contributed by atoms with Crippen LogP contribution in [-0.2, 0) is 13.0 Å². The summed E-state index contributed by atoms with van der Waals surface area (Å²) in [4.78, 5) is 7.16. The maximum absolute atomic E-state index is 9.66. The number of rotatable bonds is 1. The van der Waals surface area contributed by atoms with Crippen LogP contribution in [0.15, 0.2) is 6.20 Å². The number of hydrogen-bond donors (Lipinski definition) is 1. The van der Waals surface area contributed by atoms with Gasteiger partial charge in [-0.2, -0.15) is 0 Å². The Bertz CT molecular complexity index is 401. The number of aromatic nitrogens is 2. The lowest BCUT2D eigenvalue weighted by atomic mass is 9.96. The smallest absolute Gasteiger partial charge is 0.109 e. The average Bonchev–Trinajstić information content (AvgIpc) is 2.72. The lowest BCUT2D eigenvalue weighted by molar-refractivity contribution is 0.130. The van der Waals surface area contributed by atoms with Gasteiger partial charge in [0.1, 0.15) is 5.82 Å². The second-order valence-electron chi connectivity index (χ2n) is 5.53. The van der Waals surface area contributed by atoms with E-state index in [9.17, 15) is 5.11 Å². The topological polar surface area (TPSA) is 41.3 Å². The third kappa shape index (κ3) is 2.24. The maximum atomic E-state index is 9.66. The molecule has 1 aromatic rings. The Morgan fingerprint density at radius 1 is 1.35 bits per heavy atom.